The van der Waals surface area contributed by atoms with Crippen LogP contribution in [0.1, 0.15) is 78.1 Å². The van der Waals surface area contributed by atoms with Gasteiger partial charge in [-0.05, 0) is 76.1 Å². The number of alkyl carbamates (subject to hydrolysis) is 2. The van der Waals surface area contributed by atoms with Crippen molar-refractivity contribution in [2.45, 2.75) is 78.6 Å². The first-order valence-corrected chi connectivity index (χ1v) is 20.8. The van der Waals surface area contributed by atoms with Crippen LogP contribution in [0, 0.1) is 23.7 Å². The fourth-order valence-electron chi connectivity index (χ4n) is 8.59. The van der Waals surface area contributed by atoms with Crippen molar-refractivity contribution in [1.82, 2.24) is 40.4 Å². The molecule has 2 saturated heterocycles. The summed E-state index contributed by atoms with van der Waals surface area (Å²) in [5, 5.41) is 7.62. The molecule has 7 rings (SSSR count). The van der Waals surface area contributed by atoms with Gasteiger partial charge < -0.3 is 39.9 Å². The Labute approximate surface area is 350 Å². The molecule has 1 unspecified atom stereocenters. The molecule has 0 aliphatic carbocycles. The van der Waals surface area contributed by atoms with Gasteiger partial charge in [-0.1, -0.05) is 90.1 Å². The molecule has 14 nitrogen and oxygen atoms in total. The number of aromatic nitrogens is 4. The maximum atomic E-state index is 13.7. The van der Waals surface area contributed by atoms with E-state index in [1.165, 1.54) is 14.2 Å². The van der Waals surface area contributed by atoms with Crippen LogP contribution < -0.4 is 10.6 Å². The smallest absolute Gasteiger partial charge is 0.407 e. The van der Waals surface area contributed by atoms with Gasteiger partial charge in [0.25, 0.3) is 0 Å². The molecular formula is C46H56N8O6. The molecule has 0 saturated carbocycles. The third-order valence-electron chi connectivity index (χ3n) is 11.9. The Bertz CT molecular complexity index is 2350. The van der Waals surface area contributed by atoms with Crippen LogP contribution in [-0.4, -0.2) is 93.1 Å². The van der Waals surface area contributed by atoms with Crippen molar-refractivity contribution in [3.05, 3.63) is 84.7 Å². The minimum atomic E-state index is -0.701. The molecule has 2 aromatic heterocycles. The zero-order valence-electron chi connectivity index (χ0n) is 35.6. The van der Waals surface area contributed by atoms with Crippen LogP contribution in [0.25, 0.3) is 44.4 Å². The van der Waals surface area contributed by atoms with Gasteiger partial charge in [0.15, 0.2) is 0 Å². The van der Waals surface area contributed by atoms with E-state index in [2.05, 4.69) is 95.1 Å². The third kappa shape index (κ3) is 8.73. The largest absolute Gasteiger partial charge is 0.453 e. The lowest BCUT2D eigenvalue weighted by Crippen LogP contribution is -2.51. The summed E-state index contributed by atoms with van der Waals surface area (Å²) in [5.74, 6) is 1.50. The Balaban J connectivity index is 1.04. The number of ether oxygens (including phenoxy) is 2. The molecule has 4 heterocycles. The van der Waals surface area contributed by atoms with E-state index in [-0.39, 0.29) is 47.6 Å². The van der Waals surface area contributed by atoms with Crippen molar-refractivity contribution in [3.8, 4) is 33.6 Å². The number of nitrogens with one attached hydrogen (secondary N) is 4. The van der Waals surface area contributed by atoms with Crippen molar-refractivity contribution in [2.24, 2.45) is 23.7 Å². The molecule has 3 aromatic carbocycles. The number of rotatable bonds is 11. The number of carbonyl (C=O) groups excluding carboxylic acids is 4. The summed E-state index contributed by atoms with van der Waals surface area (Å²) in [6.45, 7) is 13.0. The first kappa shape index (κ1) is 42.0. The summed E-state index contributed by atoms with van der Waals surface area (Å²) in [4.78, 5) is 71.6. The highest BCUT2D eigenvalue weighted by Gasteiger charge is 2.41. The molecule has 0 spiro atoms. The van der Waals surface area contributed by atoms with E-state index in [4.69, 9.17) is 19.4 Å². The van der Waals surface area contributed by atoms with Crippen molar-refractivity contribution in [2.75, 3.05) is 27.3 Å². The zero-order chi connectivity index (χ0) is 42.8. The van der Waals surface area contributed by atoms with Gasteiger partial charge in [0.05, 0.1) is 50.1 Å². The molecular weight excluding hydrogens is 761 g/mol. The summed E-state index contributed by atoms with van der Waals surface area (Å²) in [7, 11) is 2.59. The van der Waals surface area contributed by atoms with Crippen molar-refractivity contribution >= 4 is 34.8 Å². The molecule has 2 aliphatic heterocycles. The molecule has 2 aliphatic rings. The van der Waals surface area contributed by atoms with E-state index < -0.39 is 24.3 Å². The van der Waals surface area contributed by atoms with E-state index in [1.54, 1.807) is 0 Å². The number of amides is 4. The molecule has 0 radical (unpaired) electrons. The topological polar surface area (TPSA) is 175 Å². The second kappa shape index (κ2) is 17.6. The number of methoxy groups -OCH3 is 2. The number of hydrogen-bond acceptors (Lipinski definition) is 8. The maximum absolute atomic E-state index is 13.7. The van der Waals surface area contributed by atoms with Crippen LogP contribution >= 0.6 is 0 Å². The molecule has 14 heteroatoms. The Kier molecular flexibility index (Phi) is 12.3. The van der Waals surface area contributed by atoms with Gasteiger partial charge in [0.2, 0.25) is 11.8 Å². The summed E-state index contributed by atoms with van der Waals surface area (Å²) in [5.41, 5.74) is 5.87. The van der Waals surface area contributed by atoms with E-state index >= 15 is 0 Å². The van der Waals surface area contributed by atoms with Crippen LogP contribution in [0.3, 0.4) is 0 Å². The highest BCUT2D eigenvalue weighted by molar-refractivity contribution is 5.91. The molecule has 4 N–H and O–H groups in total. The zero-order valence-corrected chi connectivity index (χ0v) is 35.6. The predicted octanol–water partition coefficient (Wildman–Crippen LogP) is 7.87. The van der Waals surface area contributed by atoms with Crippen molar-refractivity contribution < 1.29 is 28.7 Å². The SMILES string of the molecule is COC(=O)N[C@H](C(=O)N1C[C@@H](C)CC1c1ncc(-c2ccc(-c3ccc4cc(-c5cnc([C@@H]6C[C@H](C)CN6C(=O)[C@@H](NC(=O)OC)C(C)C)[nH]5)ccc4c3)cc2)[nH]1)C(C)C. The highest BCUT2D eigenvalue weighted by Crippen LogP contribution is 2.38. The van der Waals surface area contributed by atoms with Gasteiger partial charge >= 0.3 is 12.2 Å². The Morgan fingerprint density at radius 3 is 1.47 bits per heavy atom. The molecule has 4 amide bonds. The number of fused-ring (bicyclic) bond motifs is 1. The van der Waals surface area contributed by atoms with Crippen LogP contribution in [0.15, 0.2) is 73.1 Å². The molecule has 316 valence electrons. The second-order valence-corrected chi connectivity index (χ2v) is 17.1. The predicted molar refractivity (Wildman–Crippen MR) is 229 cm³/mol. The van der Waals surface area contributed by atoms with Crippen LogP contribution in [0.4, 0.5) is 9.59 Å². The van der Waals surface area contributed by atoms with E-state index in [0.29, 0.717) is 13.1 Å². The van der Waals surface area contributed by atoms with Crippen molar-refractivity contribution in [3.63, 3.8) is 0 Å². The highest BCUT2D eigenvalue weighted by atomic mass is 16.5. The monoisotopic (exact) mass is 816 g/mol. The number of hydrogen-bond donors (Lipinski definition) is 4. The van der Waals surface area contributed by atoms with Gasteiger partial charge in [-0.25, -0.2) is 19.6 Å². The summed E-state index contributed by atoms with van der Waals surface area (Å²) in [6, 6.07) is 19.3. The number of carbonyl (C=O) groups is 4. The van der Waals surface area contributed by atoms with E-state index in [1.807, 2.05) is 49.9 Å². The van der Waals surface area contributed by atoms with Gasteiger partial charge in [0.1, 0.15) is 23.7 Å². The molecule has 0 bridgehead atoms. The minimum absolute atomic E-state index is 0.114. The Morgan fingerprint density at radius 2 is 1.02 bits per heavy atom. The molecule has 5 aromatic rings. The number of aromatic amines is 2. The van der Waals surface area contributed by atoms with Crippen molar-refractivity contribution in [1.29, 1.82) is 0 Å². The van der Waals surface area contributed by atoms with Crippen LogP contribution in [-0.2, 0) is 19.1 Å². The summed E-state index contributed by atoms with van der Waals surface area (Å²) in [6.07, 6.45) is 3.93. The van der Waals surface area contributed by atoms with Crippen LogP contribution in [0.2, 0.25) is 0 Å². The lowest BCUT2D eigenvalue weighted by atomic mass is 9.98. The lowest BCUT2D eigenvalue weighted by molar-refractivity contribution is -0.136. The first-order valence-electron chi connectivity index (χ1n) is 20.8. The third-order valence-corrected chi connectivity index (χ3v) is 11.9. The minimum Gasteiger partial charge on any atom is -0.453 e. The fraction of sp³-hybridized carbons (Fsp3) is 0.435. The van der Waals surface area contributed by atoms with E-state index in [0.717, 1.165) is 68.9 Å². The fourth-order valence-corrected chi connectivity index (χ4v) is 8.59. The number of benzene rings is 3. The van der Waals surface area contributed by atoms with E-state index in [9.17, 15) is 19.2 Å². The second-order valence-electron chi connectivity index (χ2n) is 17.1. The first-order chi connectivity index (χ1) is 28.7. The standard InChI is InChI=1S/C46H56N8O6/c1-25(2)39(51-45(57)59-7)43(55)53-23-27(5)17-37(53)41-47-21-35(49-41)30-11-9-29(10-12-30)31-13-14-33-20-34(16-15-32(33)19-31)36-22-48-42(50-36)38-18-28(6)24-54(38)44(56)40(26(3)4)52-46(58)60-8/h9-16,19-22,25-28,37-40H,17-18,23-24H2,1-8H3,(H,47,49)(H,48,50)(H,51,57)(H,52,58)/t27-,28-,37?,38-,39-,40-/m0/s1. The maximum Gasteiger partial charge on any atom is 0.407 e. The average molecular weight is 817 g/mol. The van der Waals surface area contributed by atoms with Crippen LogP contribution in [0.5, 0.6) is 0 Å². The normalized spacial score (nSPS) is 20.1. The van der Waals surface area contributed by atoms with Gasteiger partial charge in [-0.3, -0.25) is 9.59 Å². The lowest BCUT2D eigenvalue weighted by Gasteiger charge is -2.30. The Hall–Kier alpha value is -6.18. The summed E-state index contributed by atoms with van der Waals surface area (Å²) >= 11 is 0. The molecule has 60 heavy (non-hydrogen) atoms. The van der Waals surface area contributed by atoms with Gasteiger partial charge in [-0.15, -0.1) is 0 Å². The van der Waals surface area contributed by atoms with Gasteiger partial charge in [-0.2, -0.15) is 0 Å². The number of likely N-dealkylation sites (tertiary alicyclic amines) is 2. The number of nitrogens with zero attached hydrogens (tertiary/aromatic N) is 4. The Morgan fingerprint density at radius 1 is 0.617 bits per heavy atom. The quantitative estimate of drug-likeness (QED) is 0.104. The number of H-pyrrole nitrogens is 2. The number of imidazole rings is 2. The average Bonchev–Trinajstić information content (AvgIpc) is 4.07. The summed E-state index contributed by atoms with van der Waals surface area (Å²) < 4.78 is 9.57. The van der Waals surface area contributed by atoms with Gasteiger partial charge in [0, 0.05) is 18.7 Å². The molecule has 6 atom stereocenters. The molecule has 2 fully saturated rings.